The Balaban J connectivity index is 0.00000220. The van der Waals surface area contributed by atoms with Crippen molar-refractivity contribution in [1.82, 2.24) is 10.2 Å². The van der Waals surface area contributed by atoms with Gasteiger partial charge >= 0.3 is 0 Å². The summed E-state index contributed by atoms with van der Waals surface area (Å²) >= 11 is 0. The molecule has 0 amide bonds. The number of nitrogens with one attached hydrogen (secondary N) is 1. The zero-order valence-electron chi connectivity index (χ0n) is 12.3. The fourth-order valence-electron chi connectivity index (χ4n) is 2.77. The maximum absolute atomic E-state index is 13.3. The Morgan fingerprint density at radius 2 is 2.10 bits per heavy atom. The number of piperazine rings is 1. The summed E-state index contributed by atoms with van der Waals surface area (Å²) < 4.78 is 18.7. The third-order valence-electron chi connectivity index (χ3n) is 3.78. The van der Waals surface area contributed by atoms with E-state index in [1.807, 2.05) is 0 Å². The molecule has 1 atom stereocenters. The Labute approximate surface area is 131 Å². The van der Waals surface area contributed by atoms with Gasteiger partial charge in [0.2, 0.25) is 0 Å². The molecule has 1 fully saturated rings. The molecule has 2 N–H and O–H groups in total. The van der Waals surface area contributed by atoms with Gasteiger partial charge in [0.1, 0.15) is 11.6 Å². The first-order valence-electron chi connectivity index (χ1n) is 7.15. The monoisotopic (exact) mass is 318 g/mol. The molecule has 21 heavy (non-hydrogen) atoms. The van der Waals surface area contributed by atoms with Gasteiger partial charge in [0.05, 0.1) is 7.11 Å². The minimum absolute atomic E-state index is 0. The highest BCUT2D eigenvalue weighted by Gasteiger charge is 2.24. The summed E-state index contributed by atoms with van der Waals surface area (Å²) in [4.78, 5) is 2.38. The fourth-order valence-corrected chi connectivity index (χ4v) is 2.77. The molecule has 1 heterocycles. The summed E-state index contributed by atoms with van der Waals surface area (Å²) in [5.41, 5.74) is 1.00. The Bertz CT molecular complexity index is 428. The number of nitrogens with zero attached hydrogens (tertiary/aromatic N) is 1. The van der Waals surface area contributed by atoms with Crippen molar-refractivity contribution in [3.05, 3.63) is 29.6 Å². The molecule has 0 spiro atoms. The number of benzene rings is 1. The molecule has 1 aromatic rings. The second-order valence-electron chi connectivity index (χ2n) is 5.05. The van der Waals surface area contributed by atoms with Crippen LogP contribution in [0.25, 0.3) is 0 Å². The fraction of sp³-hybridized carbons (Fsp3) is 0.600. The van der Waals surface area contributed by atoms with Gasteiger partial charge in [0.25, 0.3) is 0 Å². The zero-order valence-corrected chi connectivity index (χ0v) is 13.2. The summed E-state index contributed by atoms with van der Waals surface area (Å²) in [6.45, 7) is 4.00. The van der Waals surface area contributed by atoms with Crippen LogP contribution in [-0.4, -0.2) is 49.9 Å². The van der Waals surface area contributed by atoms with E-state index in [0.717, 1.165) is 44.6 Å². The van der Waals surface area contributed by atoms with Gasteiger partial charge in [0.15, 0.2) is 0 Å². The van der Waals surface area contributed by atoms with Crippen molar-refractivity contribution in [2.45, 2.75) is 18.9 Å². The van der Waals surface area contributed by atoms with Crippen molar-refractivity contribution in [3.63, 3.8) is 0 Å². The van der Waals surface area contributed by atoms with E-state index in [9.17, 15) is 4.39 Å². The lowest BCUT2D eigenvalue weighted by Crippen LogP contribution is -2.45. The van der Waals surface area contributed by atoms with E-state index in [-0.39, 0.29) is 30.9 Å². The number of methoxy groups -OCH3 is 1. The van der Waals surface area contributed by atoms with Crippen LogP contribution in [0.5, 0.6) is 5.75 Å². The van der Waals surface area contributed by atoms with Crippen LogP contribution in [0.15, 0.2) is 18.2 Å². The second-order valence-corrected chi connectivity index (χ2v) is 5.05. The number of aliphatic hydroxyl groups is 1. The van der Waals surface area contributed by atoms with E-state index in [4.69, 9.17) is 9.84 Å². The molecule has 0 radical (unpaired) electrons. The second kappa shape index (κ2) is 9.20. The molecular formula is C15H24ClFN2O2. The molecular weight excluding hydrogens is 295 g/mol. The van der Waals surface area contributed by atoms with Crippen molar-refractivity contribution >= 4 is 12.4 Å². The maximum Gasteiger partial charge on any atom is 0.126 e. The van der Waals surface area contributed by atoms with Crippen molar-refractivity contribution in [1.29, 1.82) is 0 Å². The van der Waals surface area contributed by atoms with Crippen LogP contribution in [0.3, 0.4) is 0 Å². The van der Waals surface area contributed by atoms with Crippen molar-refractivity contribution in [3.8, 4) is 5.75 Å². The van der Waals surface area contributed by atoms with E-state index in [1.165, 1.54) is 12.1 Å². The molecule has 1 saturated heterocycles. The summed E-state index contributed by atoms with van der Waals surface area (Å²) in [5, 5.41) is 12.4. The van der Waals surface area contributed by atoms with E-state index >= 15 is 0 Å². The van der Waals surface area contributed by atoms with Gasteiger partial charge in [-0.1, -0.05) is 6.07 Å². The number of rotatable bonds is 6. The van der Waals surface area contributed by atoms with Crippen LogP contribution in [0, 0.1) is 5.82 Å². The lowest BCUT2D eigenvalue weighted by Gasteiger charge is -2.35. The van der Waals surface area contributed by atoms with E-state index in [1.54, 1.807) is 13.2 Å². The number of ether oxygens (including phenoxy) is 1. The standard InChI is InChI=1S/C15H23FN2O2.ClH/c1-20-15-11-12(16)4-5-13(15)14(3-2-10-19)18-8-6-17-7-9-18;/h4-5,11,14,17,19H,2-3,6-10H2,1H3;1H/t14-;/m1./s1. The van der Waals surface area contributed by atoms with E-state index in [2.05, 4.69) is 10.2 Å². The van der Waals surface area contributed by atoms with Crippen molar-refractivity contribution < 1.29 is 14.2 Å². The zero-order chi connectivity index (χ0) is 14.4. The van der Waals surface area contributed by atoms with Gasteiger partial charge in [-0.05, 0) is 18.9 Å². The van der Waals surface area contributed by atoms with Gasteiger partial charge in [-0.3, -0.25) is 4.90 Å². The molecule has 0 bridgehead atoms. The largest absolute Gasteiger partial charge is 0.496 e. The minimum Gasteiger partial charge on any atom is -0.496 e. The van der Waals surface area contributed by atoms with Gasteiger partial charge in [-0.25, -0.2) is 4.39 Å². The quantitative estimate of drug-likeness (QED) is 0.842. The van der Waals surface area contributed by atoms with Crippen LogP contribution < -0.4 is 10.1 Å². The molecule has 1 aliphatic rings. The molecule has 0 aliphatic carbocycles. The van der Waals surface area contributed by atoms with Crippen LogP contribution in [-0.2, 0) is 0 Å². The first-order chi connectivity index (χ1) is 9.76. The molecule has 1 aliphatic heterocycles. The normalized spacial score (nSPS) is 17.1. The molecule has 0 unspecified atom stereocenters. The summed E-state index contributed by atoms with van der Waals surface area (Å²) in [5.74, 6) is 0.304. The van der Waals surface area contributed by atoms with Crippen molar-refractivity contribution in [2.24, 2.45) is 0 Å². The van der Waals surface area contributed by atoms with E-state index in [0.29, 0.717) is 5.75 Å². The maximum atomic E-state index is 13.3. The predicted octanol–water partition coefficient (Wildman–Crippen LogP) is 1.97. The van der Waals surface area contributed by atoms with Gasteiger partial charge in [-0.15, -0.1) is 12.4 Å². The van der Waals surface area contributed by atoms with Crippen LogP contribution in [0.1, 0.15) is 24.4 Å². The average molecular weight is 319 g/mol. The highest BCUT2D eigenvalue weighted by molar-refractivity contribution is 5.85. The third-order valence-corrected chi connectivity index (χ3v) is 3.78. The smallest absolute Gasteiger partial charge is 0.126 e. The lowest BCUT2D eigenvalue weighted by molar-refractivity contribution is 0.152. The molecule has 4 nitrogen and oxygen atoms in total. The molecule has 2 rings (SSSR count). The number of hydrogen-bond acceptors (Lipinski definition) is 4. The SMILES string of the molecule is COc1cc(F)ccc1[C@@H](CCCO)N1CCNCC1.Cl. The van der Waals surface area contributed by atoms with Crippen LogP contribution >= 0.6 is 12.4 Å². The van der Waals surface area contributed by atoms with Gasteiger partial charge in [0, 0.05) is 50.5 Å². The van der Waals surface area contributed by atoms with Crippen LogP contribution in [0.2, 0.25) is 0 Å². The minimum atomic E-state index is -0.285. The van der Waals surface area contributed by atoms with E-state index < -0.39 is 0 Å². The molecule has 6 heteroatoms. The molecule has 120 valence electrons. The Hall–Kier alpha value is -0.880. The molecule has 1 aromatic carbocycles. The first kappa shape index (κ1) is 18.2. The summed E-state index contributed by atoms with van der Waals surface area (Å²) in [6, 6.07) is 4.88. The predicted molar refractivity (Wildman–Crippen MR) is 83.7 cm³/mol. The number of halogens is 2. The lowest BCUT2D eigenvalue weighted by atomic mass is 9.98. The average Bonchev–Trinajstić information content (AvgIpc) is 2.49. The highest BCUT2D eigenvalue weighted by atomic mass is 35.5. The Morgan fingerprint density at radius 3 is 2.71 bits per heavy atom. The van der Waals surface area contributed by atoms with Crippen molar-refractivity contribution in [2.75, 3.05) is 39.9 Å². The van der Waals surface area contributed by atoms with Crippen LogP contribution in [0.4, 0.5) is 4.39 Å². The Morgan fingerprint density at radius 1 is 1.38 bits per heavy atom. The Kier molecular flexibility index (Phi) is 7.96. The summed E-state index contributed by atoms with van der Waals surface area (Å²) in [7, 11) is 1.57. The number of hydrogen-bond donors (Lipinski definition) is 2. The molecule has 0 saturated carbocycles. The first-order valence-corrected chi connectivity index (χ1v) is 7.15. The topological polar surface area (TPSA) is 44.7 Å². The highest BCUT2D eigenvalue weighted by Crippen LogP contribution is 2.33. The summed E-state index contributed by atoms with van der Waals surface area (Å²) in [6.07, 6.45) is 1.58. The molecule has 0 aromatic heterocycles. The van der Waals surface area contributed by atoms with Gasteiger partial charge < -0.3 is 15.2 Å². The number of aliphatic hydroxyl groups excluding tert-OH is 1. The van der Waals surface area contributed by atoms with Gasteiger partial charge in [-0.2, -0.15) is 0 Å². The third kappa shape index (κ3) is 4.81.